The molecule has 0 amide bonds. The molecule has 2 rings (SSSR count). The summed E-state index contributed by atoms with van der Waals surface area (Å²) in [5, 5.41) is 4.21. The molecule has 0 aliphatic heterocycles. The van der Waals surface area contributed by atoms with E-state index in [1.165, 1.54) is 0 Å². The van der Waals surface area contributed by atoms with Crippen molar-refractivity contribution >= 4 is 0 Å². The second-order valence-corrected chi connectivity index (χ2v) is 3.81. The minimum Gasteiger partial charge on any atom is -0.292 e. The average molecular weight is 271 g/mol. The molecule has 0 bridgehead atoms. The van der Waals surface area contributed by atoms with Gasteiger partial charge in [-0.3, -0.25) is 4.84 Å². The SMILES string of the molecule is FC(F)(F)CONCc1ccn(-c2ccccc2)n1. The predicted molar refractivity (Wildman–Crippen MR) is 62.4 cm³/mol. The zero-order chi connectivity index (χ0) is 13.7. The molecular weight excluding hydrogens is 259 g/mol. The van der Waals surface area contributed by atoms with E-state index in [-0.39, 0.29) is 6.54 Å². The molecule has 0 radical (unpaired) electrons. The first-order valence-electron chi connectivity index (χ1n) is 5.56. The fraction of sp³-hybridized carbons (Fsp3) is 0.250. The van der Waals surface area contributed by atoms with Gasteiger partial charge in [0, 0.05) is 6.20 Å². The molecule has 1 N–H and O–H groups in total. The van der Waals surface area contributed by atoms with E-state index in [4.69, 9.17) is 0 Å². The van der Waals surface area contributed by atoms with Crippen LogP contribution in [-0.4, -0.2) is 22.6 Å². The van der Waals surface area contributed by atoms with E-state index in [9.17, 15) is 13.2 Å². The lowest BCUT2D eigenvalue weighted by atomic mass is 10.3. The lowest BCUT2D eigenvalue weighted by molar-refractivity contribution is -0.190. The molecule has 0 aliphatic rings. The summed E-state index contributed by atoms with van der Waals surface area (Å²) in [5.74, 6) is 0. The summed E-state index contributed by atoms with van der Waals surface area (Å²) in [6.45, 7) is -1.22. The van der Waals surface area contributed by atoms with E-state index >= 15 is 0 Å². The summed E-state index contributed by atoms with van der Waals surface area (Å²) in [6, 6.07) is 11.1. The smallest absolute Gasteiger partial charge is 0.292 e. The number of aromatic nitrogens is 2. The predicted octanol–water partition coefficient (Wildman–Crippen LogP) is 2.46. The van der Waals surface area contributed by atoms with Crippen molar-refractivity contribution in [2.45, 2.75) is 12.7 Å². The largest absolute Gasteiger partial charge is 0.413 e. The summed E-state index contributed by atoms with van der Waals surface area (Å²) in [7, 11) is 0. The van der Waals surface area contributed by atoms with E-state index in [0.29, 0.717) is 5.69 Å². The van der Waals surface area contributed by atoms with Crippen molar-refractivity contribution in [3.63, 3.8) is 0 Å². The first-order valence-corrected chi connectivity index (χ1v) is 5.56. The number of nitrogens with zero attached hydrogens (tertiary/aromatic N) is 2. The third kappa shape index (κ3) is 4.38. The van der Waals surface area contributed by atoms with Crippen molar-refractivity contribution in [1.82, 2.24) is 15.3 Å². The molecule has 0 aliphatic carbocycles. The van der Waals surface area contributed by atoms with Crippen molar-refractivity contribution < 1.29 is 18.0 Å². The minimum atomic E-state index is -4.34. The van der Waals surface area contributed by atoms with Crippen LogP contribution in [0, 0.1) is 0 Å². The number of nitrogens with one attached hydrogen (secondary N) is 1. The Morgan fingerprint density at radius 3 is 2.58 bits per heavy atom. The number of para-hydroxylation sites is 1. The fourth-order valence-electron chi connectivity index (χ4n) is 1.44. The number of hydrogen-bond donors (Lipinski definition) is 1. The molecule has 0 spiro atoms. The summed E-state index contributed by atoms with van der Waals surface area (Å²) >= 11 is 0. The first kappa shape index (κ1) is 13.6. The second kappa shape index (κ2) is 5.85. The van der Waals surface area contributed by atoms with Crippen LogP contribution in [0.3, 0.4) is 0 Å². The van der Waals surface area contributed by atoms with Crippen LogP contribution in [0.1, 0.15) is 5.69 Å². The quantitative estimate of drug-likeness (QED) is 0.670. The van der Waals surface area contributed by atoms with Crippen molar-refractivity contribution in [3.8, 4) is 5.69 Å². The normalized spacial score (nSPS) is 11.7. The van der Waals surface area contributed by atoms with Gasteiger partial charge >= 0.3 is 6.18 Å². The molecule has 0 atom stereocenters. The third-order valence-corrected chi connectivity index (χ3v) is 2.26. The maximum atomic E-state index is 11.8. The number of hydrogen-bond acceptors (Lipinski definition) is 3. The highest BCUT2D eigenvalue weighted by Gasteiger charge is 2.27. The van der Waals surface area contributed by atoms with Crippen LogP contribution in [0.4, 0.5) is 13.2 Å². The lowest BCUT2D eigenvalue weighted by Gasteiger charge is -2.07. The Morgan fingerprint density at radius 2 is 1.89 bits per heavy atom. The van der Waals surface area contributed by atoms with E-state index < -0.39 is 12.8 Å². The second-order valence-electron chi connectivity index (χ2n) is 3.81. The number of alkyl halides is 3. The molecule has 1 aromatic heterocycles. The highest BCUT2D eigenvalue weighted by Crippen LogP contribution is 2.13. The highest BCUT2D eigenvalue weighted by molar-refractivity contribution is 5.30. The zero-order valence-corrected chi connectivity index (χ0v) is 9.89. The Hall–Kier alpha value is -1.86. The number of benzene rings is 1. The third-order valence-electron chi connectivity index (χ3n) is 2.26. The molecular formula is C12H12F3N3O. The van der Waals surface area contributed by atoms with E-state index in [1.54, 1.807) is 16.9 Å². The van der Waals surface area contributed by atoms with Gasteiger partial charge in [0.1, 0.15) is 0 Å². The maximum absolute atomic E-state index is 11.8. The minimum absolute atomic E-state index is 0.107. The zero-order valence-electron chi connectivity index (χ0n) is 9.89. The van der Waals surface area contributed by atoms with Gasteiger partial charge in [0.15, 0.2) is 6.61 Å². The van der Waals surface area contributed by atoms with Gasteiger partial charge in [-0.05, 0) is 18.2 Å². The van der Waals surface area contributed by atoms with Gasteiger partial charge in [-0.1, -0.05) is 18.2 Å². The molecule has 4 nitrogen and oxygen atoms in total. The van der Waals surface area contributed by atoms with Crippen LogP contribution in [-0.2, 0) is 11.4 Å². The molecule has 7 heteroatoms. The molecule has 2 aromatic rings. The molecule has 0 saturated heterocycles. The van der Waals surface area contributed by atoms with Crippen molar-refractivity contribution in [2.24, 2.45) is 0 Å². The van der Waals surface area contributed by atoms with Gasteiger partial charge in [0.25, 0.3) is 0 Å². The highest BCUT2D eigenvalue weighted by atomic mass is 19.4. The van der Waals surface area contributed by atoms with Crippen LogP contribution < -0.4 is 5.48 Å². The van der Waals surface area contributed by atoms with Crippen LogP contribution in [0.5, 0.6) is 0 Å². The van der Waals surface area contributed by atoms with E-state index in [0.717, 1.165) is 5.69 Å². The van der Waals surface area contributed by atoms with E-state index in [1.807, 2.05) is 30.3 Å². The topological polar surface area (TPSA) is 39.1 Å². The average Bonchev–Trinajstić information content (AvgIpc) is 2.83. The molecule has 1 aromatic carbocycles. The molecule has 0 saturated carbocycles. The van der Waals surface area contributed by atoms with Gasteiger partial charge in [0.2, 0.25) is 0 Å². The molecule has 102 valence electrons. The van der Waals surface area contributed by atoms with Crippen molar-refractivity contribution in [1.29, 1.82) is 0 Å². The number of halogens is 3. The van der Waals surface area contributed by atoms with Gasteiger partial charge in [0.05, 0.1) is 17.9 Å². The summed E-state index contributed by atoms with van der Waals surface area (Å²) in [4.78, 5) is 4.29. The fourth-order valence-corrected chi connectivity index (χ4v) is 1.44. The Morgan fingerprint density at radius 1 is 1.16 bits per heavy atom. The summed E-state index contributed by atoms with van der Waals surface area (Å²) in [5.41, 5.74) is 3.70. The first-order chi connectivity index (χ1) is 9.04. The number of rotatable bonds is 5. The van der Waals surface area contributed by atoms with Gasteiger partial charge in [-0.2, -0.15) is 23.8 Å². The number of hydroxylamine groups is 1. The van der Waals surface area contributed by atoms with Crippen LogP contribution >= 0.6 is 0 Å². The standard InChI is InChI=1S/C12H12F3N3O/c13-12(14,15)9-19-16-8-10-6-7-18(17-10)11-4-2-1-3-5-11/h1-7,16H,8-9H2. The van der Waals surface area contributed by atoms with Gasteiger partial charge in [-0.15, -0.1) is 0 Å². The lowest BCUT2D eigenvalue weighted by Crippen LogP contribution is -2.24. The Kier molecular flexibility index (Phi) is 4.18. The van der Waals surface area contributed by atoms with Crippen molar-refractivity contribution in [2.75, 3.05) is 6.61 Å². The Bertz CT molecular complexity index is 510. The van der Waals surface area contributed by atoms with Crippen LogP contribution in [0.15, 0.2) is 42.6 Å². The van der Waals surface area contributed by atoms with Crippen LogP contribution in [0.25, 0.3) is 5.69 Å². The van der Waals surface area contributed by atoms with Gasteiger partial charge < -0.3 is 0 Å². The molecule has 19 heavy (non-hydrogen) atoms. The summed E-state index contributed by atoms with van der Waals surface area (Å²) in [6.07, 6.45) is -2.60. The molecule has 0 unspecified atom stereocenters. The molecule has 1 heterocycles. The Balaban J connectivity index is 1.85. The monoisotopic (exact) mass is 271 g/mol. The van der Waals surface area contributed by atoms with E-state index in [2.05, 4.69) is 15.4 Å². The van der Waals surface area contributed by atoms with Crippen LogP contribution in [0.2, 0.25) is 0 Å². The van der Waals surface area contributed by atoms with Crippen molar-refractivity contribution in [3.05, 3.63) is 48.3 Å². The van der Waals surface area contributed by atoms with Gasteiger partial charge in [-0.25, -0.2) is 4.68 Å². The molecule has 0 fully saturated rings. The Labute approximate surface area is 107 Å². The maximum Gasteiger partial charge on any atom is 0.413 e. The summed E-state index contributed by atoms with van der Waals surface area (Å²) < 4.78 is 37.1.